The molecule has 0 aliphatic rings. The Morgan fingerprint density at radius 2 is 1.19 bits per heavy atom. The van der Waals surface area contributed by atoms with Crippen molar-refractivity contribution in [3.8, 4) is 0 Å². The number of hydrogen-bond donors (Lipinski definition) is 0. The SMILES string of the molecule is CCOC(=O)c1c(S(=O)(=O)N(CC)CC)cccc1S(=O)(=O)N(CC)CC. The number of nitrogens with zero attached hydrogens (tertiary/aromatic N) is 2. The summed E-state index contributed by atoms with van der Waals surface area (Å²) < 4.78 is 59.4. The van der Waals surface area contributed by atoms with Gasteiger partial charge in [-0.05, 0) is 19.1 Å². The van der Waals surface area contributed by atoms with Gasteiger partial charge in [-0.25, -0.2) is 21.6 Å². The highest BCUT2D eigenvalue weighted by atomic mass is 32.2. The van der Waals surface area contributed by atoms with E-state index >= 15 is 0 Å². The monoisotopic (exact) mass is 420 g/mol. The third kappa shape index (κ3) is 4.68. The molecule has 27 heavy (non-hydrogen) atoms. The van der Waals surface area contributed by atoms with E-state index in [1.807, 2.05) is 0 Å². The minimum Gasteiger partial charge on any atom is -0.462 e. The minimum absolute atomic E-state index is 0.0107. The fourth-order valence-corrected chi connectivity index (χ4v) is 6.13. The molecule has 1 rings (SSSR count). The van der Waals surface area contributed by atoms with E-state index in [4.69, 9.17) is 4.74 Å². The van der Waals surface area contributed by atoms with Gasteiger partial charge in [0.05, 0.1) is 22.0 Å². The van der Waals surface area contributed by atoms with Gasteiger partial charge in [0.2, 0.25) is 20.0 Å². The van der Waals surface area contributed by atoms with Crippen LogP contribution in [0.15, 0.2) is 28.0 Å². The van der Waals surface area contributed by atoms with Gasteiger partial charge >= 0.3 is 5.97 Å². The van der Waals surface area contributed by atoms with Crippen molar-refractivity contribution >= 4 is 26.0 Å². The van der Waals surface area contributed by atoms with Crippen molar-refractivity contribution in [1.29, 1.82) is 0 Å². The maximum Gasteiger partial charge on any atom is 0.340 e. The van der Waals surface area contributed by atoms with Gasteiger partial charge in [0.1, 0.15) is 0 Å². The Morgan fingerprint density at radius 3 is 1.48 bits per heavy atom. The normalized spacial score (nSPS) is 12.6. The van der Waals surface area contributed by atoms with Crippen molar-refractivity contribution in [3.63, 3.8) is 0 Å². The maximum absolute atomic E-state index is 13.0. The van der Waals surface area contributed by atoms with Crippen molar-refractivity contribution < 1.29 is 26.4 Å². The quantitative estimate of drug-likeness (QED) is 0.536. The van der Waals surface area contributed by atoms with E-state index in [0.717, 1.165) is 0 Å². The average Bonchev–Trinajstić information content (AvgIpc) is 2.62. The molecule has 1 aromatic carbocycles. The topological polar surface area (TPSA) is 101 Å². The van der Waals surface area contributed by atoms with Crippen LogP contribution in [0.2, 0.25) is 0 Å². The molecular weight excluding hydrogens is 392 g/mol. The number of ether oxygens (including phenoxy) is 1. The van der Waals surface area contributed by atoms with Crippen LogP contribution in [0, 0.1) is 0 Å². The summed E-state index contributed by atoms with van der Waals surface area (Å²) in [5.74, 6) is -0.977. The Labute approximate surface area is 162 Å². The Hall–Kier alpha value is -1.49. The molecule has 0 saturated carbocycles. The molecule has 154 valence electrons. The summed E-state index contributed by atoms with van der Waals surface area (Å²) in [6.45, 7) is 8.98. The van der Waals surface area contributed by atoms with Gasteiger partial charge in [0.15, 0.2) is 0 Å². The van der Waals surface area contributed by atoms with Crippen LogP contribution in [0.1, 0.15) is 45.0 Å². The number of sulfonamides is 2. The van der Waals surface area contributed by atoms with Crippen molar-refractivity contribution in [2.45, 2.75) is 44.4 Å². The van der Waals surface area contributed by atoms with Crippen LogP contribution in [0.25, 0.3) is 0 Å². The molecule has 0 aliphatic carbocycles. The van der Waals surface area contributed by atoms with Crippen LogP contribution in [-0.2, 0) is 24.8 Å². The third-order valence-electron chi connectivity index (χ3n) is 4.11. The molecule has 0 saturated heterocycles. The van der Waals surface area contributed by atoms with E-state index in [1.54, 1.807) is 34.6 Å². The molecule has 0 radical (unpaired) electrons. The second-order valence-electron chi connectivity index (χ2n) is 5.53. The first-order chi connectivity index (χ1) is 12.6. The van der Waals surface area contributed by atoms with Gasteiger partial charge in [-0.1, -0.05) is 33.8 Å². The summed E-state index contributed by atoms with van der Waals surface area (Å²) in [7, 11) is -8.14. The number of hydrogen-bond acceptors (Lipinski definition) is 6. The van der Waals surface area contributed by atoms with Crippen molar-refractivity contribution in [2.75, 3.05) is 32.8 Å². The molecule has 0 bridgehead atoms. The molecule has 0 aromatic heterocycles. The van der Waals surface area contributed by atoms with Crippen LogP contribution in [-0.4, -0.2) is 64.2 Å². The van der Waals surface area contributed by atoms with Crippen molar-refractivity contribution in [2.24, 2.45) is 0 Å². The molecule has 0 fully saturated rings. The number of esters is 1. The number of carbonyl (C=O) groups is 1. The van der Waals surface area contributed by atoms with E-state index in [9.17, 15) is 21.6 Å². The fraction of sp³-hybridized carbons (Fsp3) is 0.588. The molecule has 0 unspecified atom stereocenters. The number of carbonyl (C=O) groups excluding carboxylic acids is 1. The van der Waals surface area contributed by atoms with E-state index in [-0.39, 0.29) is 42.6 Å². The van der Waals surface area contributed by atoms with Gasteiger partial charge < -0.3 is 4.74 Å². The highest BCUT2D eigenvalue weighted by Gasteiger charge is 2.35. The average molecular weight is 421 g/mol. The van der Waals surface area contributed by atoms with E-state index < -0.39 is 31.6 Å². The number of benzene rings is 1. The van der Waals surface area contributed by atoms with E-state index in [1.165, 1.54) is 26.8 Å². The van der Waals surface area contributed by atoms with Crippen molar-refractivity contribution in [3.05, 3.63) is 23.8 Å². The lowest BCUT2D eigenvalue weighted by atomic mass is 10.2. The van der Waals surface area contributed by atoms with Crippen LogP contribution >= 0.6 is 0 Å². The molecule has 0 heterocycles. The Kier molecular flexibility index (Phi) is 8.40. The van der Waals surface area contributed by atoms with Crippen LogP contribution in [0.4, 0.5) is 0 Å². The Balaban J connectivity index is 3.87. The largest absolute Gasteiger partial charge is 0.462 e. The molecule has 0 amide bonds. The first kappa shape index (κ1) is 23.5. The van der Waals surface area contributed by atoms with Gasteiger partial charge in [-0.15, -0.1) is 0 Å². The maximum atomic E-state index is 13.0. The molecule has 0 aliphatic heterocycles. The standard InChI is InChI=1S/C17H28N2O6S2/c1-6-18(7-2)26(21,22)14-12-11-13-15(16(14)17(20)25-10-5)27(23,24)19(8-3)9-4/h11-13H,6-10H2,1-5H3. The van der Waals surface area contributed by atoms with E-state index in [0.29, 0.717) is 0 Å². The molecule has 0 spiro atoms. The lowest BCUT2D eigenvalue weighted by molar-refractivity contribution is 0.0516. The number of rotatable bonds is 10. The summed E-state index contributed by atoms with van der Waals surface area (Å²) in [5.41, 5.74) is -0.446. The van der Waals surface area contributed by atoms with Crippen LogP contribution in [0.3, 0.4) is 0 Å². The summed E-state index contributed by atoms with van der Waals surface area (Å²) in [6.07, 6.45) is 0. The highest BCUT2D eigenvalue weighted by Crippen LogP contribution is 2.29. The minimum atomic E-state index is -4.07. The lowest BCUT2D eigenvalue weighted by Gasteiger charge is -2.23. The Bertz CT molecular complexity index is 797. The molecule has 8 nitrogen and oxygen atoms in total. The fourth-order valence-electron chi connectivity index (χ4n) is 2.75. The second-order valence-corrected chi connectivity index (χ2v) is 9.34. The van der Waals surface area contributed by atoms with Gasteiger partial charge in [-0.3, -0.25) is 0 Å². The van der Waals surface area contributed by atoms with Crippen LogP contribution < -0.4 is 0 Å². The van der Waals surface area contributed by atoms with Crippen LogP contribution in [0.5, 0.6) is 0 Å². The van der Waals surface area contributed by atoms with E-state index in [2.05, 4.69) is 0 Å². The molecule has 1 aromatic rings. The van der Waals surface area contributed by atoms with Gasteiger partial charge in [0, 0.05) is 26.2 Å². The van der Waals surface area contributed by atoms with Gasteiger partial charge in [-0.2, -0.15) is 8.61 Å². The zero-order valence-corrected chi connectivity index (χ0v) is 18.1. The summed E-state index contributed by atoms with van der Waals surface area (Å²) in [5, 5.41) is 0. The summed E-state index contributed by atoms with van der Waals surface area (Å²) >= 11 is 0. The zero-order chi connectivity index (χ0) is 20.8. The smallest absolute Gasteiger partial charge is 0.340 e. The predicted molar refractivity (Wildman–Crippen MR) is 103 cm³/mol. The molecule has 0 atom stereocenters. The zero-order valence-electron chi connectivity index (χ0n) is 16.4. The summed E-state index contributed by atoms with van der Waals surface area (Å²) in [6, 6.07) is 3.80. The Morgan fingerprint density at radius 1 is 0.815 bits per heavy atom. The third-order valence-corrected chi connectivity index (χ3v) is 8.30. The first-order valence-corrected chi connectivity index (χ1v) is 11.8. The predicted octanol–water partition coefficient (Wildman–Crippen LogP) is 1.92. The summed E-state index contributed by atoms with van der Waals surface area (Å²) in [4.78, 5) is 11.9. The second kappa shape index (κ2) is 9.63. The molecule has 10 heteroatoms. The highest BCUT2D eigenvalue weighted by molar-refractivity contribution is 7.90. The molecular formula is C17H28N2O6S2. The van der Waals surface area contributed by atoms with Crippen molar-refractivity contribution in [1.82, 2.24) is 8.61 Å². The lowest BCUT2D eigenvalue weighted by Crippen LogP contribution is -2.34. The first-order valence-electron chi connectivity index (χ1n) is 8.93. The molecule has 0 N–H and O–H groups in total. The van der Waals surface area contributed by atoms with Gasteiger partial charge in [0.25, 0.3) is 0 Å².